The van der Waals surface area contributed by atoms with E-state index in [0.29, 0.717) is 42.8 Å². The SMILES string of the molecule is CCOC(=O)C1=C(C)Nc2nc3ccccc3n2C1c1ccc(OCC)c(OCC)c1. The predicted octanol–water partition coefficient (Wildman–Crippen LogP) is 4.69. The second-order valence-corrected chi connectivity index (χ2v) is 7.15. The quantitative estimate of drug-likeness (QED) is 0.558. The van der Waals surface area contributed by atoms with Gasteiger partial charge in [-0.1, -0.05) is 18.2 Å². The number of para-hydroxylation sites is 2. The molecule has 0 saturated heterocycles. The molecule has 1 aliphatic heterocycles. The number of imidazole rings is 1. The third-order valence-corrected chi connectivity index (χ3v) is 5.21. The topological polar surface area (TPSA) is 74.6 Å². The van der Waals surface area contributed by atoms with Crippen molar-refractivity contribution in [3.05, 3.63) is 59.3 Å². The number of hydrogen-bond donors (Lipinski definition) is 1. The predicted molar refractivity (Wildman–Crippen MR) is 120 cm³/mol. The van der Waals surface area contributed by atoms with Crippen molar-refractivity contribution in [2.24, 2.45) is 0 Å². The number of ether oxygens (including phenoxy) is 3. The highest BCUT2D eigenvalue weighted by atomic mass is 16.5. The fourth-order valence-corrected chi connectivity index (χ4v) is 3.99. The highest BCUT2D eigenvalue weighted by molar-refractivity contribution is 5.94. The van der Waals surface area contributed by atoms with Crippen LogP contribution in [0.15, 0.2) is 53.7 Å². The zero-order valence-corrected chi connectivity index (χ0v) is 18.3. The molecule has 1 unspecified atom stereocenters. The van der Waals surface area contributed by atoms with E-state index in [2.05, 4.69) is 5.32 Å². The summed E-state index contributed by atoms with van der Waals surface area (Å²) in [5.74, 6) is 1.65. The zero-order chi connectivity index (χ0) is 22.0. The van der Waals surface area contributed by atoms with E-state index in [1.54, 1.807) is 6.92 Å². The van der Waals surface area contributed by atoms with E-state index in [-0.39, 0.29) is 5.97 Å². The van der Waals surface area contributed by atoms with Gasteiger partial charge in [0.2, 0.25) is 5.95 Å². The molecule has 0 radical (unpaired) electrons. The van der Waals surface area contributed by atoms with Crippen LogP contribution in [0.4, 0.5) is 5.95 Å². The lowest BCUT2D eigenvalue weighted by Gasteiger charge is -2.30. The van der Waals surface area contributed by atoms with E-state index in [4.69, 9.17) is 19.2 Å². The molecule has 1 aliphatic rings. The average molecular weight is 421 g/mol. The van der Waals surface area contributed by atoms with Gasteiger partial charge in [-0.05, 0) is 57.5 Å². The van der Waals surface area contributed by atoms with Gasteiger partial charge in [-0.15, -0.1) is 0 Å². The Bertz CT molecular complexity index is 1150. The van der Waals surface area contributed by atoms with Gasteiger partial charge in [0.1, 0.15) is 0 Å². The first-order valence-corrected chi connectivity index (χ1v) is 10.6. The summed E-state index contributed by atoms with van der Waals surface area (Å²) < 4.78 is 19.0. The first-order chi connectivity index (χ1) is 15.1. The maximum atomic E-state index is 13.0. The third-order valence-electron chi connectivity index (χ3n) is 5.21. The maximum absolute atomic E-state index is 13.0. The molecule has 4 rings (SSSR count). The number of nitrogens with one attached hydrogen (secondary N) is 1. The number of carbonyl (C=O) groups excluding carboxylic acids is 1. The number of allylic oxidation sites excluding steroid dienone is 1. The summed E-state index contributed by atoms with van der Waals surface area (Å²) >= 11 is 0. The molecule has 2 aromatic carbocycles. The van der Waals surface area contributed by atoms with Crippen LogP contribution in [0.2, 0.25) is 0 Å². The molecule has 0 spiro atoms. The maximum Gasteiger partial charge on any atom is 0.338 e. The summed E-state index contributed by atoms with van der Waals surface area (Å²) in [4.78, 5) is 17.8. The number of anilines is 1. The Labute approximate surface area is 181 Å². The number of rotatable bonds is 7. The lowest BCUT2D eigenvalue weighted by molar-refractivity contribution is -0.139. The number of esters is 1. The summed E-state index contributed by atoms with van der Waals surface area (Å²) in [5, 5.41) is 3.28. The third kappa shape index (κ3) is 3.71. The molecule has 1 N–H and O–H groups in total. The first-order valence-electron chi connectivity index (χ1n) is 10.6. The number of hydrogen-bond acceptors (Lipinski definition) is 6. The van der Waals surface area contributed by atoms with Crippen molar-refractivity contribution in [1.82, 2.24) is 9.55 Å². The van der Waals surface area contributed by atoms with Crippen LogP contribution in [0.1, 0.15) is 39.3 Å². The van der Waals surface area contributed by atoms with Gasteiger partial charge in [-0.3, -0.25) is 4.57 Å². The first kappa shape index (κ1) is 20.8. The molecule has 0 saturated carbocycles. The molecule has 7 heteroatoms. The van der Waals surface area contributed by atoms with E-state index in [0.717, 1.165) is 22.3 Å². The largest absolute Gasteiger partial charge is 0.490 e. The molecule has 2 heterocycles. The fraction of sp³-hybridized carbons (Fsp3) is 0.333. The Balaban J connectivity index is 1.94. The van der Waals surface area contributed by atoms with Crippen LogP contribution >= 0.6 is 0 Å². The van der Waals surface area contributed by atoms with Crippen molar-refractivity contribution in [2.45, 2.75) is 33.7 Å². The van der Waals surface area contributed by atoms with Crippen LogP contribution in [0, 0.1) is 0 Å². The molecule has 0 aliphatic carbocycles. The monoisotopic (exact) mass is 421 g/mol. The van der Waals surface area contributed by atoms with Crippen molar-refractivity contribution in [2.75, 3.05) is 25.1 Å². The van der Waals surface area contributed by atoms with Crippen LogP contribution in [0.25, 0.3) is 11.0 Å². The van der Waals surface area contributed by atoms with Crippen LogP contribution in [-0.4, -0.2) is 35.3 Å². The number of benzene rings is 2. The lowest BCUT2D eigenvalue weighted by atomic mass is 9.94. The van der Waals surface area contributed by atoms with Crippen molar-refractivity contribution >= 4 is 23.0 Å². The molecule has 0 bridgehead atoms. The van der Waals surface area contributed by atoms with E-state index in [9.17, 15) is 4.79 Å². The van der Waals surface area contributed by atoms with Crippen LogP contribution in [-0.2, 0) is 9.53 Å². The highest BCUT2D eigenvalue weighted by Gasteiger charge is 2.35. The molecule has 0 fully saturated rings. The molecule has 1 aromatic heterocycles. The molecule has 0 amide bonds. The van der Waals surface area contributed by atoms with Gasteiger partial charge in [0, 0.05) is 5.70 Å². The summed E-state index contributed by atoms with van der Waals surface area (Å²) in [6.45, 7) is 8.90. The molecule has 31 heavy (non-hydrogen) atoms. The molecule has 1 atom stereocenters. The Morgan fingerprint density at radius 1 is 1.03 bits per heavy atom. The molecule has 7 nitrogen and oxygen atoms in total. The minimum absolute atomic E-state index is 0.299. The van der Waals surface area contributed by atoms with E-state index >= 15 is 0 Å². The van der Waals surface area contributed by atoms with E-state index in [1.807, 2.05) is 67.8 Å². The van der Waals surface area contributed by atoms with Gasteiger partial charge in [-0.2, -0.15) is 0 Å². The minimum Gasteiger partial charge on any atom is -0.490 e. The van der Waals surface area contributed by atoms with Crippen molar-refractivity contribution in [3.63, 3.8) is 0 Å². The van der Waals surface area contributed by atoms with Gasteiger partial charge < -0.3 is 19.5 Å². The Hall–Kier alpha value is -3.48. The van der Waals surface area contributed by atoms with Gasteiger partial charge in [-0.25, -0.2) is 9.78 Å². The standard InChI is InChI=1S/C24H27N3O4/c1-5-29-19-13-12-16(14-20(19)30-6-2)22-21(23(28)31-7-3)15(4)25-24-26-17-10-8-9-11-18(17)27(22)24/h8-14,22H,5-7H2,1-4H3,(H,25,26). The zero-order valence-electron chi connectivity index (χ0n) is 18.3. The van der Waals surface area contributed by atoms with Gasteiger partial charge in [0.05, 0.1) is 42.5 Å². The highest BCUT2D eigenvalue weighted by Crippen LogP contribution is 2.41. The summed E-state index contributed by atoms with van der Waals surface area (Å²) in [5.41, 5.74) is 3.93. The molecule has 3 aromatic rings. The van der Waals surface area contributed by atoms with Gasteiger partial charge in [0.15, 0.2) is 11.5 Å². The summed E-state index contributed by atoms with van der Waals surface area (Å²) in [6, 6.07) is 13.3. The Kier molecular flexibility index (Phi) is 5.84. The van der Waals surface area contributed by atoms with Gasteiger partial charge >= 0.3 is 5.97 Å². The number of aromatic nitrogens is 2. The van der Waals surface area contributed by atoms with Gasteiger partial charge in [0.25, 0.3) is 0 Å². The van der Waals surface area contributed by atoms with E-state index in [1.165, 1.54) is 0 Å². The summed E-state index contributed by atoms with van der Waals surface area (Å²) in [7, 11) is 0. The van der Waals surface area contributed by atoms with E-state index < -0.39 is 6.04 Å². The number of carbonyl (C=O) groups is 1. The van der Waals surface area contributed by atoms with Crippen molar-refractivity contribution in [1.29, 1.82) is 0 Å². The fourth-order valence-electron chi connectivity index (χ4n) is 3.99. The minimum atomic E-state index is -0.419. The summed E-state index contributed by atoms with van der Waals surface area (Å²) in [6.07, 6.45) is 0. The smallest absolute Gasteiger partial charge is 0.338 e. The number of fused-ring (bicyclic) bond motifs is 3. The Morgan fingerprint density at radius 2 is 1.77 bits per heavy atom. The number of nitrogens with zero attached hydrogens (tertiary/aromatic N) is 2. The van der Waals surface area contributed by atoms with Crippen molar-refractivity contribution < 1.29 is 19.0 Å². The van der Waals surface area contributed by atoms with Crippen molar-refractivity contribution in [3.8, 4) is 11.5 Å². The molecular weight excluding hydrogens is 394 g/mol. The average Bonchev–Trinajstić information content (AvgIpc) is 3.12. The van der Waals surface area contributed by atoms with Crippen LogP contribution in [0.5, 0.6) is 11.5 Å². The van der Waals surface area contributed by atoms with Crippen LogP contribution < -0.4 is 14.8 Å². The van der Waals surface area contributed by atoms with Crippen LogP contribution in [0.3, 0.4) is 0 Å². The second kappa shape index (κ2) is 8.71. The normalized spacial score (nSPS) is 15.4. The molecular formula is C24H27N3O4. The molecule has 162 valence electrons. The Morgan fingerprint density at radius 3 is 2.52 bits per heavy atom. The second-order valence-electron chi connectivity index (χ2n) is 7.15. The lowest BCUT2D eigenvalue weighted by Crippen LogP contribution is -2.29.